The van der Waals surface area contributed by atoms with Crippen molar-refractivity contribution in [2.75, 3.05) is 49.5 Å². The van der Waals surface area contributed by atoms with Crippen molar-refractivity contribution in [1.29, 1.82) is 0 Å². The summed E-state index contributed by atoms with van der Waals surface area (Å²) >= 11 is 1.25. The molecular weight excluding hydrogens is 821 g/mol. The van der Waals surface area contributed by atoms with Crippen LogP contribution in [0, 0.1) is 11.2 Å². The highest BCUT2D eigenvalue weighted by Gasteiger charge is 2.50. The van der Waals surface area contributed by atoms with Crippen molar-refractivity contribution in [3.63, 3.8) is 0 Å². The number of amides is 4. The van der Waals surface area contributed by atoms with Gasteiger partial charge in [0.25, 0.3) is 11.8 Å². The lowest BCUT2D eigenvalue weighted by atomic mass is 9.71. The fourth-order valence-electron chi connectivity index (χ4n) is 8.22. The summed E-state index contributed by atoms with van der Waals surface area (Å²) in [6, 6.07) is 8.60. The molecule has 1 unspecified atom stereocenters. The van der Waals surface area contributed by atoms with Gasteiger partial charge < -0.3 is 20.2 Å². The number of nitrogens with zero attached hydrogens (tertiary/aromatic N) is 7. The number of carbonyl (C=O) groups is 4. The van der Waals surface area contributed by atoms with Crippen LogP contribution in [0.25, 0.3) is 11.3 Å². The van der Waals surface area contributed by atoms with Crippen LogP contribution in [0.1, 0.15) is 73.2 Å². The van der Waals surface area contributed by atoms with Crippen LogP contribution >= 0.6 is 11.9 Å². The molecule has 2 aromatic carbocycles. The summed E-state index contributed by atoms with van der Waals surface area (Å²) in [6.07, 6.45) is 0.505. The Labute approximate surface area is 353 Å². The van der Waals surface area contributed by atoms with Crippen LogP contribution < -0.4 is 20.3 Å². The van der Waals surface area contributed by atoms with Crippen molar-refractivity contribution >= 4 is 52.9 Å². The van der Waals surface area contributed by atoms with Crippen molar-refractivity contribution in [3.8, 4) is 11.3 Å². The molecule has 2 aromatic heterocycles. The molecule has 0 aliphatic carbocycles. The molecule has 4 N–H and O–H groups in total. The van der Waals surface area contributed by atoms with Gasteiger partial charge in [-0.25, -0.2) is 14.4 Å². The first-order chi connectivity index (χ1) is 28.5. The number of benzene rings is 2. The molecule has 4 aliphatic heterocycles. The van der Waals surface area contributed by atoms with Crippen molar-refractivity contribution in [2.24, 2.45) is 5.41 Å². The van der Waals surface area contributed by atoms with Gasteiger partial charge in [0.2, 0.25) is 17.8 Å². The molecule has 3 saturated heterocycles. The smallest absolute Gasteiger partial charge is 0.389 e. The average molecular weight is 867 g/mol. The number of piperidine rings is 2. The number of rotatable bonds is 12. The number of aliphatic hydroxyl groups is 1. The van der Waals surface area contributed by atoms with E-state index in [-0.39, 0.29) is 55.0 Å². The van der Waals surface area contributed by atoms with Crippen LogP contribution in [0.2, 0.25) is 0 Å². The molecular formula is C41H46F4N10O5S. The van der Waals surface area contributed by atoms with Gasteiger partial charge in [-0.1, -0.05) is 13.5 Å². The van der Waals surface area contributed by atoms with Crippen LogP contribution in [0.4, 0.5) is 34.9 Å². The monoisotopic (exact) mass is 866 g/mol. The molecule has 20 heteroatoms. The highest BCUT2D eigenvalue weighted by atomic mass is 32.2. The van der Waals surface area contributed by atoms with E-state index in [1.54, 1.807) is 32.0 Å². The Bertz CT molecular complexity index is 2350. The maximum absolute atomic E-state index is 15.2. The number of fused-ring (bicyclic) bond motifs is 1. The molecule has 1 spiro atoms. The predicted molar refractivity (Wildman–Crippen MR) is 218 cm³/mol. The third kappa shape index (κ3) is 9.12. The molecule has 4 aliphatic rings. The van der Waals surface area contributed by atoms with Crippen molar-refractivity contribution < 1.29 is 41.8 Å². The van der Waals surface area contributed by atoms with Crippen LogP contribution in [0.15, 0.2) is 59.9 Å². The molecule has 8 rings (SSSR count). The molecule has 6 heterocycles. The Morgan fingerprint density at radius 2 is 1.79 bits per heavy atom. The van der Waals surface area contributed by atoms with Crippen LogP contribution in [0.3, 0.4) is 0 Å². The number of aromatic nitrogens is 4. The van der Waals surface area contributed by atoms with E-state index in [1.165, 1.54) is 41.2 Å². The first-order valence-corrected chi connectivity index (χ1v) is 20.3. The number of halogens is 4. The minimum absolute atomic E-state index is 0. The van der Waals surface area contributed by atoms with Gasteiger partial charge in [0.15, 0.2) is 0 Å². The second-order valence-corrected chi connectivity index (χ2v) is 17.3. The molecule has 3 fully saturated rings. The van der Waals surface area contributed by atoms with Crippen LogP contribution in [0.5, 0.6) is 0 Å². The van der Waals surface area contributed by atoms with E-state index < -0.39 is 58.5 Å². The lowest BCUT2D eigenvalue weighted by molar-refractivity contribution is -0.138. The maximum Gasteiger partial charge on any atom is 0.419 e. The Hall–Kier alpha value is -5.44. The number of likely N-dealkylation sites (tertiary alicyclic amines) is 1. The number of anilines is 3. The Kier molecular flexibility index (Phi) is 12.0. The number of imide groups is 2. The summed E-state index contributed by atoms with van der Waals surface area (Å²) in [4.78, 5) is 65.0. The fraction of sp³-hybridized carbons (Fsp3) is 0.439. The largest absolute Gasteiger partial charge is 0.419 e. The highest BCUT2D eigenvalue weighted by molar-refractivity contribution is 7.97. The van der Waals surface area contributed by atoms with Gasteiger partial charge in [-0.2, -0.15) is 18.3 Å². The summed E-state index contributed by atoms with van der Waals surface area (Å²) < 4.78 is 61.4. The standard InChI is InChI=1S/C40H42F4N10O5S.CH4/c1-38(2,59)20-53-19-23(17-46-53)33-26(40(42,43)44)18-45-37(50-33)48-28-7-6-24(16-27(28)41)60-47-12-15-51-13-10-39(11-14-51)21-52(22-39)29-5-3-4-25-32(29)36(58)54(35(25)57)30-8-9-31(55)49-34(30)56;/h3-7,16-19,30,47,59H,8-15,20-22H2,1-2H3,(H,45,48,50)(H,49,55,56);1H4. The SMILES string of the molecule is C.CC(C)(O)Cn1cc(-c2nc(Nc3ccc(SNCCN4CCC5(CC4)CN(c4cccc6c4C(=O)N(C4CCC(=O)NC4=O)C6=O)C5)cc3F)ncc2C(F)(F)F)cn1. The van der Waals surface area contributed by atoms with Crippen LogP contribution in [-0.2, 0) is 22.3 Å². The van der Waals surface area contributed by atoms with Crippen molar-refractivity contribution in [1.82, 2.24) is 39.6 Å². The van der Waals surface area contributed by atoms with E-state index in [4.69, 9.17) is 0 Å². The van der Waals surface area contributed by atoms with E-state index in [2.05, 4.69) is 40.2 Å². The molecule has 1 atom stereocenters. The molecule has 0 saturated carbocycles. The van der Waals surface area contributed by atoms with Crippen LogP contribution in [-0.4, -0.2) is 109 Å². The second-order valence-electron chi connectivity index (χ2n) is 16.3. The summed E-state index contributed by atoms with van der Waals surface area (Å²) in [7, 11) is 0. The van der Waals surface area contributed by atoms with E-state index in [0.717, 1.165) is 50.5 Å². The number of carbonyl (C=O) groups excluding carboxylic acids is 4. The fourth-order valence-corrected chi connectivity index (χ4v) is 8.88. The molecule has 0 bridgehead atoms. The summed E-state index contributed by atoms with van der Waals surface area (Å²) in [6.45, 7) is 7.75. The first kappa shape index (κ1) is 43.6. The lowest BCUT2D eigenvalue weighted by Gasteiger charge is -2.55. The average Bonchev–Trinajstić information content (AvgIpc) is 3.73. The van der Waals surface area contributed by atoms with E-state index in [0.29, 0.717) is 28.9 Å². The Morgan fingerprint density at radius 3 is 2.48 bits per heavy atom. The molecule has 0 radical (unpaired) electrons. The molecule has 4 amide bonds. The number of alkyl halides is 3. The van der Waals surface area contributed by atoms with Crippen molar-refractivity contribution in [2.45, 2.75) is 76.2 Å². The molecule has 15 nitrogen and oxygen atoms in total. The normalized spacial score (nSPS) is 19.2. The number of hydrogen-bond donors (Lipinski definition) is 4. The Balaban J connectivity index is 0.00000561. The summed E-state index contributed by atoms with van der Waals surface area (Å²) in [5, 5.41) is 19.0. The topological polar surface area (TPSA) is 178 Å². The minimum atomic E-state index is -4.76. The van der Waals surface area contributed by atoms with Gasteiger partial charge in [-0.05, 0) is 88.5 Å². The Morgan fingerprint density at radius 1 is 1.03 bits per heavy atom. The number of nitrogens with one attached hydrogen (secondary N) is 3. The van der Waals surface area contributed by atoms with E-state index in [1.807, 2.05) is 6.07 Å². The third-order valence-corrected chi connectivity index (χ3v) is 12.1. The second kappa shape index (κ2) is 16.8. The zero-order chi connectivity index (χ0) is 42.6. The molecule has 61 heavy (non-hydrogen) atoms. The maximum atomic E-state index is 15.2. The lowest BCUT2D eigenvalue weighted by Crippen LogP contribution is -2.61. The highest BCUT2D eigenvalue weighted by Crippen LogP contribution is 2.45. The van der Waals surface area contributed by atoms with Crippen molar-refractivity contribution in [3.05, 3.63) is 77.5 Å². The van der Waals surface area contributed by atoms with Gasteiger partial charge in [0.1, 0.15) is 17.4 Å². The van der Waals surface area contributed by atoms with E-state index >= 15 is 4.39 Å². The predicted octanol–water partition coefficient (Wildman–Crippen LogP) is 5.25. The summed E-state index contributed by atoms with van der Waals surface area (Å²) in [5.74, 6) is -2.98. The van der Waals surface area contributed by atoms with Gasteiger partial charge in [-0.15, -0.1) is 0 Å². The quantitative estimate of drug-likeness (QED) is 0.0629. The zero-order valence-electron chi connectivity index (χ0n) is 32.7. The first-order valence-electron chi connectivity index (χ1n) is 19.4. The molecule has 4 aromatic rings. The third-order valence-electron chi connectivity index (χ3n) is 11.2. The van der Waals surface area contributed by atoms with Gasteiger partial charge in [0, 0.05) is 60.9 Å². The number of hydrogen-bond acceptors (Lipinski definition) is 13. The summed E-state index contributed by atoms with van der Waals surface area (Å²) in [5.41, 5.74) is -1.30. The zero-order valence-corrected chi connectivity index (χ0v) is 33.5. The van der Waals surface area contributed by atoms with Gasteiger partial charge in [0.05, 0.1) is 46.5 Å². The van der Waals surface area contributed by atoms with Gasteiger partial charge >= 0.3 is 6.18 Å². The minimum Gasteiger partial charge on any atom is -0.389 e. The van der Waals surface area contributed by atoms with E-state index in [9.17, 15) is 37.5 Å². The molecule has 324 valence electrons. The van der Waals surface area contributed by atoms with Gasteiger partial charge in [-0.3, -0.25) is 38.8 Å².